The van der Waals surface area contributed by atoms with E-state index in [1.807, 2.05) is 0 Å². The molecule has 23 heavy (non-hydrogen) atoms. The van der Waals surface area contributed by atoms with Crippen molar-refractivity contribution < 1.29 is 9.90 Å². The van der Waals surface area contributed by atoms with Crippen LogP contribution in [0.1, 0.15) is 104 Å². The van der Waals surface area contributed by atoms with Crippen molar-refractivity contribution in [1.29, 1.82) is 0 Å². The number of nitrogens with zero attached hydrogens (tertiary/aromatic N) is 1. The van der Waals surface area contributed by atoms with Gasteiger partial charge in [0.25, 0.3) is 0 Å². The molecular formula is C20H43NO2. The normalized spacial score (nSPS) is 10.5. The SMILES string of the molecule is CCCCCC(=O)O.CCCCCCCCCCCCN(C)C. The van der Waals surface area contributed by atoms with Crippen LogP contribution in [-0.2, 0) is 4.79 Å². The van der Waals surface area contributed by atoms with Crippen LogP contribution in [0.2, 0.25) is 0 Å². The Morgan fingerprint density at radius 3 is 1.48 bits per heavy atom. The molecule has 0 amide bonds. The Balaban J connectivity index is 0. The molecule has 0 aliphatic heterocycles. The zero-order valence-electron chi connectivity index (χ0n) is 16.4. The summed E-state index contributed by atoms with van der Waals surface area (Å²) >= 11 is 0. The van der Waals surface area contributed by atoms with Crippen LogP contribution in [0.15, 0.2) is 0 Å². The molecule has 0 aromatic rings. The predicted octanol–water partition coefficient (Wildman–Crippen LogP) is 6.12. The Bertz CT molecular complexity index is 230. The summed E-state index contributed by atoms with van der Waals surface area (Å²) in [6.45, 7) is 5.60. The highest BCUT2D eigenvalue weighted by Gasteiger charge is 1.94. The van der Waals surface area contributed by atoms with Crippen LogP contribution in [0.25, 0.3) is 0 Å². The van der Waals surface area contributed by atoms with Gasteiger partial charge in [-0.15, -0.1) is 0 Å². The molecule has 140 valence electrons. The van der Waals surface area contributed by atoms with Gasteiger partial charge in [-0.2, -0.15) is 0 Å². The second-order valence-electron chi connectivity index (χ2n) is 6.84. The van der Waals surface area contributed by atoms with Gasteiger partial charge >= 0.3 is 5.97 Å². The monoisotopic (exact) mass is 329 g/mol. The van der Waals surface area contributed by atoms with Gasteiger partial charge in [0, 0.05) is 6.42 Å². The maximum atomic E-state index is 9.87. The molecule has 0 aliphatic carbocycles. The van der Waals surface area contributed by atoms with E-state index in [1.54, 1.807) is 0 Å². The predicted molar refractivity (Wildman–Crippen MR) is 102 cm³/mol. The Labute approximate surface area is 145 Å². The molecule has 1 N–H and O–H groups in total. The van der Waals surface area contributed by atoms with Crippen LogP contribution in [0.4, 0.5) is 0 Å². The number of unbranched alkanes of at least 4 members (excludes halogenated alkanes) is 11. The lowest BCUT2D eigenvalue weighted by molar-refractivity contribution is -0.137. The number of carbonyl (C=O) groups is 1. The second-order valence-corrected chi connectivity index (χ2v) is 6.84. The molecule has 0 saturated heterocycles. The van der Waals surface area contributed by atoms with Crippen molar-refractivity contribution in [1.82, 2.24) is 4.90 Å². The maximum Gasteiger partial charge on any atom is 0.303 e. The van der Waals surface area contributed by atoms with Gasteiger partial charge in [-0.05, 0) is 33.5 Å². The summed E-state index contributed by atoms with van der Waals surface area (Å²) in [6.07, 6.45) is 17.6. The molecule has 0 radical (unpaired) electrons. The number of hydrogen-bond donors (Lipinski definition) is 1. The lowest BCUT2D eigenvalue weighted by atomic mass is 10.1. The Morgan fingerprint density at radius 1 is 0.696 bits per heavy atom. The van der Waals surface area contributed by atoms with E-state index in [-0.39, 0.29) is 0 Å². The van der Waals surface area contributed by atoms with E-state index in [0.717, 1.165) is 19.3 Å². The van der Waals surface area contributed by atoms with E-state index in [9.17, 15) is 4.79 Å². The van der Waals surface area contributed by atoms with Crippen molar-refractivity contribution >= 4 is 5.97 Å². The summed E-state index contributed by atoms with van der Waals surface area (Å²) in [5.41, 5.74) is 0. The van der Waals surface area contributed by atoms with Crippen molar-refractivity contribution in [3.63, 3.8) is 0 Å². The van der Waals surface area contributed by atoms with Gasteiger partial charge in [-0.1, -0.05) is 84.5 Å². The van der Waals surface area contributed by atoms with Crippen LogP contribution < -0.4 is 0 Å². The average molecular weight is 330 g/mol. The number of hydrogen-bond acceptors (Lipinski definition) is 2. The highest BCUT2D eigenvalue weighted by molar-refractivity contribution is 5.66. The van der Waals surface area contributed by atoms with Crippen molar-refractivity contribution in [3.8, 4) is 0 Å². The van der Waals surface area contributed by atoms with Crippen molar-refractivity contribution in [3.05, 3.63) is 0 Å². The highest BCUT2D eigenvalue weighted by Crippen LogP contribution is 2.10. The van der Waals surface area contributed by atoms with E-state index < -0.39 is 5.97 Å². The zero-order chi connectivity index (χ0) is 17.8. The third-order valence-corrected chi connectivity index (χ3v) is 3.95. The van der Waals surface area contributed by atoms with Gasteiger partial charge < -0.3 is 10.0 Å². The lowest BCUT2D eigenvalue weighted by Crippen LogP contribution is -2.12. The topological polar surface area (TPSA) is 40.5 Å². The molecule has 3 nitrogen and oxygen atoms in total. The first kappa shape index (κ1) is 24.7. The van der Waals surface area contributed by atoms with Gasteiger partial charge in [0.05, 0.1) is 0 Å². The lowest BCUT2D eigenvalue weighted by Gasteiger charge is -2.08. The largest absolute Gasteiger partial charge is 0.481 e. The Kier molecular flexibility index (Phi) is 23.0. The molecule has 0 heterocycles. The quantitative estimate of drug-likeness (QED) is 0.368. The molecule has 0 fully saturated rings. The van der Waals surface area contributed by atoms with Crippen LogP contribution in [0.5, 0.6) is 0 Å². The molecule has 0 rings (SSSR count). The highest BCUT2D eigenvalue weighted by atomic mass is 16.4. The number of carboxylic acids is 1. The minimum absolute atomic E-state index is 0.327. The third kappa shape index (κ3) is 30.0. The first-order valence-corrected chi connectivity index (χ1v) is 9.91. The molecule has 0 aromatic heterocycles. The van der Waals surface area contributed by atoms with Crippen LogP contribution >= 0.6 is 0 Å². The smallest absolute Gasteiger partial charge is 0.303 e. The standard InChI is InChI=1S/C14H31N.C6H12O2/c1-4-5-6-7-8-9-10-11-12-13-14-15(2)3;1-2-3-4-5-6(7)8/h4-14H2,1-3H3;2-5H2,1H3,(H,7,8). The van der Waals surface area contributed by atoms with Crippen molar-refractivity contribution in [2.45, 2.75) is 104 Å². The van der Waals surface area contributed by atoms with Crippen LogP contribution in [0.3, 0.4) is 0 Å². The van der Waals surface area contributed by atoms with Crippen LogP contribution in [-0.4, -0.2) is 36.6 Å². The summed E-state index contributed by atoms with van der Waals surface area (Å²) in [5.74, 6) is -0.682. The summed E-state index contributed by atoms with van der Waals surface area (Å²) in [4.78, 5) is 12.2. The van der Waals surface area contributed by atoms with Gasteiger partial charge in [0.15, 0.2) is 0 Å². The number of carboxylic acid groups (broad SMARTS) is 1. The molecule has 3 heteroatoms. The summed E-state index contributed by atoms with van der Waals surface area (Å²) in [7, 11) is 4.32. The Hall–Kier alpha value is -0.570. The van der Waals surface area contributed by atoms with Crippen molar-refractivity contribution in [2.24, 2.45) is 0 Å². The fourth-order valence-corrected chi connectivity index (χ4v) is 2.44. The maximum absolute atomic E-state index is 9.87. The van der Waals surface area contributed by atoms with Gasteiger partial charge in [0.2, 0.25) is 0 Å². The van der Waals surface area contributed by atoms with Crippen molar-refractivity contribution in [2.75, 3.05) is 20.6 Å². The minimum atomic E-state index is -0.682. The van der Waals surface area contributed by atoms with E-state index in [1.165, 1.54) is 70.8 Å². The fourth-order valence-electron chi connectivity index (χ4n) is 2.44. The van der Waals surface area contributed by atoms with E-state index in [2.05, 4.69) is 32.8 Å². The third-order valence-electron chi connectivity index (χ3n) is 3.95. The van der Waals surface area contributed by atoms with E-state index in [4.69, 9.17) is 5.11 Å². The molecule has 0 saturated carbocycles. The van der Waals surface area contributed by atoms with Gasteiger partial charge in [-0.25, -0.2) is 0 Å². The molecular weight excluding hydrogens is 286 g/mol. The molecule has 0 bridgehead atoms. The first-order chi connectivity index (χ1) is 11.0. The van der Waals surface area contributed by atoms with E-state index in [0.29, 0.717) is 6.42 Å². The molecule has 0 unspecified atom stereocenters. The van der Waals surface area contributed by atoms with E-state index >= 15 is 0 Å². The second kappa shape index (κ2) is 21.4. The molecule has 0 aromatic carbocycles. The summed E-state index contributed by atoms with van der Waals surface area (Å²) in [6, 6.07) is 0. The molecule has 0 aliphatic rings. The molecule has 0 atom stereocenters. The minimum Gasteiger partial charge on any atom is -0.481 e. The summed E-state index contributed by atoms with van der Waals surface area (Å²) in [5, 5.41) is 8.14. The van der Waals surface area contributed by atoms with Gasteiger partial charge in [-0.3, -0.25) is 4.79 Å². The number of aliphatic carboxylic acids is 1. The average Bonchev–Trinajstić information content (AvgIpc) is 2.49. The number of rotatable bonds is 15. The molecule has 0 spiro atoms. The van der Waals surface area contributed by atoms with Gasteiger partial charge in [0.1, 0.15) is 0 Å². The first-order valence-electron chi connectivity index (χ1n) is 9.91. The fraction of sp³-hybridized carbons (Fsp3) is 0.950. The van der Waals surface area contributed by atoms with Crippen LogP contribution in [0, 0.1) is 0 Å². The zero-order valence-corrected chi connectivity index (χ0v) is 16.4. The summed E-state index contributed by atoms with van der Waals surface area (Å²) < 4.78 is 0. The Morgan fingerprint density at radius 2 is 1.09 bits per heavy atom.